The SMILES string of the molecule is CC(=O)OC[C@@]1(C)[C@H]2C=C(C)CC[C@]23[C@H](C)CC[C@H]13. The van der Waals surface area contributed by atoms with Crippen LogP contribution in [0.3, 0.4) is 0 Å². The van der Waals surface area contributed by atoms with Crippen molar-refractivity contribution in [2.24, 2.45) is 28.6 Å². The van der Waals surface area contributed by atoms with E-state index in [1.54, 1.807) is 0 Å². The van der Waals surface area contributed by atoms with Crippen molar-refractivity contribution in [2.45, 2.75) is 53.4 Å². The van der Waals surface area contributed by atoms with Crippen LogP contribution in [-0.4, -0.2) is 12.6 Å². The Morgan fingerprint density at radius 3 is 2.89 bits per heavy atom. The summed E-state index contributed by atoms with van der Waals surface area (Å²) in [5, 5.41) is 0. The second-order valence-corrected chi connectivity index (χ2v) is 7.42. The van der Waals surface area contributed by atoms with Crippen LogP contribution in [0.25, 0.3) is 0 Å². The Labute approximate surface area is 116 Å². The molecular weight excluding hydrogens is 236 g/mol. The summed E-state index contributed by atoms with van der Waals surface area (Å²) in [7, 11) is 0. The van der Waals surface area contributed by atoms with Gasteiger partial charge in [0.15, 0.2) is 0 Å². The molecule has 0 aromatic carbocycles. The molecular formula is C17H26O2. The fraction of sp³-hybridized carbons (Fsp3) is 0.824. The smallest absolute Gasteiger partial charge is 0.302 e. The van der Waals surface area contributed by atoms with Crippen LogP contribution < -0.4 is 0 Å². The number of esters is 1. The van der Waals surface area contributed by atoms with Gasteiger partial charge in [-0.15, -0.1) is 0 Å². The zero-order valence-electron chi connectivity index (χ0n) is 12.7. The van der Waals surface area contributed by atoms with E-state index in [0.29, 0.717) is 17.9 Å². The van der Waals surface area contributed by atoms with Gasteiger partial charge in [-0.3, -0.25) is 4.79 Å². The molecule has 0 radical (unpaired) electrons. The Bertz CT molecular complexity index is 439. The Balaban J connectivity index is 1.91. The zero-order chi connectivity index (χ0) is 13.8. The molecule has 0 bridgehead atoms. The van der Waals surface area contributed by atoms with Crippen molar-refractivity contribution in [2.75, 3.05) is 6.61 Å². The lowest BCUT2D eigenvalue weighted by atomic mass is 9.36. The standard InChI is InChI=1S/C17H26O2/c1-11-7-8-17-12(2)5-6-14(17)16(4,15(17)9-11)10-19-13(3)18/h9,12,14-15H,5-8,10H2,1-4H3/t12-,14-,15-,16-,17-/m1/s1. The highest BCUT2D eigenvalue weighted by Gasteiger charge is 2.71. The van der Waals surface area contributed by atoms with E-state index in [9.17, 15) is 4.79 Å². The molecule has 0 aliphatic heterocycles. The first-order valence-corrected chi connectivity index (χ1v) is 7.72. The molecule has 0 N–H and O–H groups in total. The fourth-order valence-corrected chi connectivity index (χ4v) is 5.65. The highest BCUT2D eigenvalue weighted by atomic mass is 16.5. The number of carbonyl (C=O) groups excluding carboxylic acids is 1. The third kappa shape index (κ3) is 1.58. The molecule has 106 valence electrons. The molecule has 2 saturated carbocycles. The number of ether oxygens (including phenoxy) is 1. The Morgan fingerprint density at radius 1 is 1.47 bits per heavy atom. The molecule has 1 spiro atoms. The van der Waals surface area contributed by atoms with Gasteiger partial charge in [0.1, 0.15) is 0 Å². The van der Waals surface area contributed by atoms with Crippen molar-refractivity contribution in [1.29, 1.82) is 0 Å². The maximum Gasteiger partial charge on any atom is 0.302 e. The Kier molecular flexibility index (Phi) is 2.85. The number of carbonyl (C=O) groups is 1. The molecule has 19 heavy (non-hydrogen) atoms. The number of rotatable bonds is 2. The van der Waals surface area contributed by atoms with Crippen LogP contribution in [-0.2, 0) is 9.53 Å². The third-order valence-electron chi connectivity index (χ3n) is 6.53. The first kappa shape index (κ1) is 13.2. The molecule has 0 saturated heterocycles. The van der Waals surface area contributed by atoms with Crippen LogP contribution in [0.4, 0.5) is 0 Å². The molecule has 2 nitrogen and oxygen atoms in total. The maximum atomic E-state index is 11.2. The molecule has 0 amide bonds. The van der Waals surface area contributed by atoms with Crippen molar-refractivity contribution >= 4 is 5.97 Å². The predicted molar refractivity (Wildman–Crippen MR) is 75.5 cm³/mol. The second kappa shape index (κ2) is 4.10. The van der Waals surface area contributed by atoms with Gasteiger partial charge in [0.2, 0.25) is 0 Å². The van der Waals surface area contributed by atoms with E-state index in [1.165, 1.54) is 38.2 Å². The lowest BCUT2D eigenvalue weighted by molar-refractivity contribution is -0.205. The van der Waals surface area contributed by atoms with Gasteiger partial charge in [-0.05, 0) is 55.8 Å². The van der Waals surface area contributed by atoms with Gasteiger partial charge in [0.05, 0.1) is 6.61 Å². The summed E-state index contributed by atoms with van der Waals surface area (Å²) in [5.41, 5.74) is 2.23. The minimum atomic E-state index is -0.138. The average Bonchev–Trinajstić information content (AvgIpc) is 2.65. The Morgan fingerprint density at radius 2 is 2.21 bits per heavy atom. The predicted octanol–water partition coefficient (Wildman–Crippen LogP) is 3.96. The molecule has 0 unspecified atom stereocenters. The summed E-state index contributed by atoms with van der Waals surface area (Å²) in [6.45, 7) is 9.17. The van der Waals surface area contributed by atoms with Crippen molar-refractivity contribution in [3.8, 4) is 0 Å². The van der Waals surface area contributed by atoms with E-state index in [-0.39, 0.29) is 11.4 Å². The third-order valence-corrected chi connectivity index (χ3v) is 6.53. The van der Waals surface area contributed by atoms with Crippen LogP contribution >= 0.6 is 0 Å². The molecule has 2 fully saturated rings. The van der Waals surface area contributed by atoms with Crippen LogP contribution in [0.1, 0.15) is 53.4 Å². The van der Waals surface area contributed by atoms with Crippen LogP contribution in [0.5, 0.6) is 0 Å². The summed E-state index contributed by atoms with van der Waals surface area (Å²) < 4.78 is 5.40. The summed E-state index contributed by atoms with van der Waals surface area (Å²) in [6.07, 6.45) is 7.79. The van der Waals surface area contributed by atoms with E-state index in [2.05, 4.69) is 26.8 Å². The zero-order valence-corrected chi connectivity index (χ0v) is 12.7. The number of allylic oxidation sites excluding steroid dienone is 2. The first-order chi connectivity index (χ1) is 8.91. The van der Waals surface area contributed by atoms with Gasteiger partial charge in [-0.25, -0.2) is 0 Å². The Hall–Kier alpha value is -0.790. The van der Waals surface area contributed by atoms with Gasteiger partial charge in [0.25, 0.3) is 0 Å². The summed E-state index contributed by atoms with van der Waals surface area (Å²) >= 11 is 0. The second-order valence-electron chi connectivity index (χ2n) is 7.42. The molecule has 2 heteroatoms. The average molecular weight is 262 g/mol. The van der Waals surface area contributed by atoms with Crippen molar-refractivity contribution in [3.63, 3.8) is 0 Å². The molecule has 3 aliphatic rings. The van der Waals surface area contributed by atoms with Crippen molar-refractivity contribution in [3.05, 3.63) is 11.6 Å². The number of hydrogen-bond donors (Lipinski definition) is 0. The van der Waals surface area contributed by atoms with E-state index in [4.69, 9.17) is 4.74 Å². The molecule has 3 aliphatic carbocycles. The maximum absolute atomic E-state index is 11.2. The van der Waals surface area contributed by atoms with Gasteiger partial charge in [-0.1, -0.05) is 25.5 Å². The minimum Gasteiger partial charge on any atom is -0.465 e. The molecule has 0 aromatic rings. The van der Waals surface area contributed by atoms with E-state index in [1.807, 2.05) is 0 Å². The van der Waals surface area contributed by atoms with Crippen molar-refractivity contribution in [1.82, 2.24) is 0 Å². The van der Waals surface area contributed by atoms with Crippen LogP contribution in [0, 0.1) is 28.6 Å². The van der Waals surface area contributed by atoms with Crippen molar-refractivity contribution < 1.29 is 9.53 Å². The summed E-state index contributed by atoms with van der Waals surface area (Å²) in [5.74, 6) is 2.07. The van der Waals surface area contributed by atoms with E-state index >= 15 is 0 Å². The highest BCUT2D eigenvalue weighted by molar-refractivity contribution is 5.66. The van der Waals surface area contributed by atoms with Gasteiger partial charge in [-0.2, -0.15) is 0 Å². The fourth-order valence-electron chi connectivity index (χ4n) is 5.65. The molecule has 0 heterocycles. The van der Waals surface area contributed by atoms with Gasteiger partial charge < -0.3 is 4.74 Å². The lowest BCUT2D eigenvalue weighted by Crippen LogP contribution is -2.65. The molecule has 0 aromatic heterocycles. The molecule has 5 atom stereocenters. The quantitative estimate of drug-likeness (QED) is 0.556. The monoisotopic (exact) mass is 262 g/mol. The number of hydrogen-bond acceptors (Lipinski definition) is 2. The minimum absolute atomic E-state index is 0.138. The largest absolute Gasteiger partial charge is 0.465 e. The van der Waals surface area contributed by atoms with Gasteiger partial charge >= 0.3 is 5.97 Å². The highest BCUT2D eigenvalue weighted by Crippen LogP contribution is 2.76. The van der Waals surface area contributed by atoms with Crippen LogP contribution in [0.15, 0.2) is 11.6 Å². The first-order valence-electron chi connectivity index (χ1n) is 7.72. The lowest BCUT2D eigenvalue weighted by Gasteiger charge is -2.68. The van der Waals surface area contributed by atoms with Gasteiger partial charge in [0, 0.05) is 12.3 Å². The summed E-state index contributed by atoms with van der Waals surface area (Å²) in [4.78, 5) is 11.2. The van der Waals surface area contributed by atoms with E-state index < -0.39 is 0 Å². The topological polar surface area (TPSA) is 26.3 Å². The van der Waals surface area contributed by atoms with Crippen LogP contribution in [0.2, 0.25) is 0 Å². The van der Waals surface area contributed by atoms with E-state index in [0.717, 1.165) is 11.8 Å². The summed E-state index contributed by atoms with van der Waals surface area (Å²) in [6, 6.07) is 0. The molecule has 3 rings (SSSR count). The normalized spacial score (nSPS) is 47.8.